The summed E-state index contributed by atoms with van der Waals surface area (Å²) in [4.78, 5) is 10.6. The van der Waals surface area contributed by atoms with Gasteiger partial charge in [-0.15, -0.1) is 11.3 Å². The average Bonchev–Trinajstić information content (AvgIpc) is 3.18. The summed E-state index contributed by atoms with van der Waals surface area (Å²) in [5, 5.41) is 9.45. The Morgan fingerprint density at radius 2 is 2.19 bits per heavy atom. The molecule has 0 spiro atoms. The van der Waals surface area contributed by atoms with Crippen LogP contribution in [0.3, 0.4) is 0 Å². The number of halogens is 3. The second kappa shape index (κ2) is 9.55. The summed E-state index contributed by atoms with van der Waals surface area (Å²) >= 11 is 1.60. The fourth-order valence-corrected chi connectivity index (χ4v) is 3.75. The molecule has 1 atom stereocenters. The van der Waals surface area contributed by atoms with Gasteiger partial charge in [0.15, 0.2) is 5.96 Å². The highest BCUT2D eigenvalue weighted by Gasteiger charge is 2.34. The Balaban J connectivity index is 1.82. The third-order valence-electron chi connectivity index (χ3n) is 4.21. The number of likely N-dealkylation sites (tertiary alicyclic amines) is 1. The molecule has 1 aromatic rings. The van der Waals surface area contributed by atoms with Crippen molar-refractivity contribution in [3.63, 3.8) is 0 Å². The van der Waals surface area contributed by atoms with Gasteiger partial charge in [0, 0.05) is 25.0 Å². The highest BCUT2D eigenvalue weighted by molar-refractivity contribution is 7.09. The fourth-order valence-electron chi connectivity index (χ4n) is 2.87. The average molecular weight is 392 g/mol. The van der Waals surface area contributed by atoms with Crippen LogP contribution in [-0.4, -0.2) is 54.7 Å². The van der Waals surface area contributed by atoms with Gasteiger partial charge in [0.1, 0.15) is 5.01 Å². The molecule has 1 aliphatic heterocycles. The van der Waals surface area contributed by atoms with Gasteiger partial charge < -0.3 is 10.6 Å². The van der Waals surface area contributed by atoms with Gasteiger partial charge in [0.05, 0.1) is 18.8 Å². The van der Waals surface area contributed by atoms with Crippen molar-refractivity contribution in [2.24, 2.45) is 10.9 Å². The lowest BCUT2D eigenvalue weighted by Gasteiger charge is -2.18. The molecule has 5 nitrogen and oxygen atoms in total. The zero-order valence-electron chi connectivity index (χ0n) is 15.6. The van der Waals surface area contributed by atoms with Gasteiger partial charge in [-0.2, -0.15) is 13.2 Å². The summed E-state index contributed by atoms with van der Waals surface area (Å²) in [6.45, 7) is 8.19. The van der Waals surface area contributed by atoms with E-state index in [1.807, 2.05) is 6.92 Å². The molecule has 0 amide bonds. The Morgan fingerprint density at radius 1 is 1.42 bits per heavy atom. The highest BCUT2D eigenvalue weighted by atomic mass is 32.1. The number of thiazole rings is 1. The van der Waals surface area contributed by atoms with Crippen molar-refractivity contribution in [3.05, 3.63) is 16.1 Å². The number of nitrogens with one attached hydrogen (secondary N) is 2. The van der Waals surface area contributed by atoms with Crippen LogP contribution in [0.15, 0.2) is 10.4 Å². The van der Waals surface area contributed by atoms with E-state index in [0.717, 1.165) is 23.7 Å². The Labute approximate surface area is 157 Å². The highest BCUT2D eigenvalue weighted by Crippen LogP contribution is 2.22. The number of hydrogen-bond acceptors (Lipinski definition) is 4. The van der Waals surface area contributed by atoms with Crippen LogP contribution in [0.4, 0.5) is 13.2 Å². The number of nitrogens with zero attached hydrogens (tertiary/aromatic N) is 3. The molecule has 0 saturated carbocycles. The van der Waals surface area contributed by atoms with E-state index in [9.17, 15) is 13.2 Å². The van der Waals surface area contributed by atoms with Crippen LogP contribution in [0.25, 0.3) is 0 Å². The molecule has 2 N–H and O–H groups in total. The molecule has 148 valence electrons. The minimum absolute atomic E-state index is 0.202. The summed E-state index contributed by atoms with van der Waals surface area (Å²) in [7, 11) is 0. The molecule has 9 heteroatoms. The number of aliphatic imine (C=N–C) groups is 1. The van der Waals surface area contributed by atoms with E-state index in [4.69, 9.17) is 0 Å². The van der Waals surface area contributed by atoms with Crippen molar-refractivity contribution in [1.82, 2.24) is 20.5 Å². The van der Waals surface area contributed by atoms with E-state index in [1.165, 1.54) is 4.90 Å². The summed E-state index contributed by atoms with van der Waals surface area (Å²) < 4.78 is 37.4. The first-order valence-electron chi connectivity index (χ1n) is 9.02. The topological polar surface area (TPSA) is 52.6 Å². The summed E-state index contributed by atoms with van der Waals surface area (Å²) in [6, 6.07) is 0. The molecule has 1 saturated heterocycles. The standard InChI is InChI=1S/C17H28F3N5S/c1-4-21-16(23-8-15-24-14(10-26-15)12(2)3)22-7-13-5-6-25(9-13)11-17(18,19)20/h10,12-13H,4-9,11H2,1-3H3,(H2,21,22,23). The third-order valence-corrected chi connectivity index (χ3v) is 5.06. The molecule has 1 unspecified atom stereocenters. The molecule has 1 fully saturated rings. The molecular formula is C17H28F3N5S. The van der Waals surface area contributed by atoms with Gasteiger partial charge in [-0.25, -0.2) is 9.98 Å². The van der Waals surface area contributed by atoms with Crippen LogP contribution >= 0.6 is 11.3 Å². The van der Waals surface area contributed by atoms with Crippen LogP contribution in [-0.2, 0) is 6.54 Å². The normalized spacial score (nSPS) is 19.3. The lowest BCUT2D eigenvalue weighted by Crippen LogP contribution is -2.40. The maximum Gasteiger partial charge on any atom is 0.401 e. The van der Waals surface area contributed by atoms with Gasteiger partial charge in [-0.1, -0.05) is 13.8 Å². The molecular weight excluding hydrogens is 363 g/mol. The first-order valence-corrected chi connectivity index (χ1v) is 9.90. The number of hydrogen-bond donors (Lipinski definition) is 2. The van der Waals surface area contributed by atoms with E-state index in [-0.39, 0.29) is 5.92 Å². The summed E-state index contributed by atoms with van der Waals surface area (Å²) in [5.74, 6) is 1.29. The van der Waals surface area contributed by atoms with Crippen molar-refractivity contribution < 1.29 is 13.2 Å². The van der Waals surface area contributed by atoms with Crippen LogP contribution in [0.2, 0.25) is 0 Å². The fraction of sp³-hybridized carbons (Fsp3) is 0.765. The summed E-state index contributed by atoms with van der Waals surface area (Å²) in [5.41, 5.74) is 1.08. The quantitative estimate of drug-likeness (QED) is 0.554. The molecule has 0 aromatic carbocycles. The number of rotatable bonds is 7. The number of alkyl halides is 3. The van der Waals surface area contributed by atoms with Crippen LogP contribution in [0.5, 0.6) is 0 Å². The molecule has 0 radical (unpaired) electrons. The molecule has 1 aromatic heterocycles. The van der Waals surface area contributed by atoms with Crippen LogP contribution in [0, 0.1) is 5.92 Å². The third kappa shape index (κ3) is 7.11. The second-order valence-electron chi connectivity index (χ2n) is 6.90. The van der Waals surface area contributed by atoms with Gasteiger partial charge in [-0.05, 0) is 31.7 Å². The van der Waals surface area contributed by atoms with Crippen molar-refractivity contribution >= 4 is 17.3 Å². The second-order valence-corrected chi connectivity index (χ2v) is 7.84. The van der Waals surface area contributed by atoms with E-state index in [1.54, 1.807) is 11.3 Å². The predicted octanol–water partition coefficient (Wildman–Crippen LogP) is 3.21. The Bertz CT molecular complexity index is 585. The van der Waals surface area contributed by atoms with E-state index < -0.39 is 12.7 Å². The van der Waals surface area contributed by atoms with E-state index in [0.29, 0.717) is 38.1 Å². The smallest absolute Gasteiger partial charge is 0.357 e. The number of guanidine groups is 1. The Hall–Kier alpha value is -1.35. The molecule has 2 heterocycles. The zero-order chi connectivity index (χ0) is 19.2. The zero-order valence-corrected chi connectivity index (χ0v) is 16.4. The minimum atomic E-state index is -4.12. The Kier molecular flexibility index (Phi) is 7.69. The van der Waals surface area contributed by atoms with Gasteiger partial charge in [0.2, 0.25) is 0 Å². The maximum atomic E-state index is 12.5. The van der Waals surface area contributed by atoms with Gasteiger partial charge in [0.25, 0.3) is 0 Å². The maximum absolute atomic E-state index is 12.5. The first kappa shape index (κ1) is 21.0. The van der Waals surface area contributed by atoms with Crippen molar-refractivity contribution in [1.29, 1.82) is 0 Å². The lowest BCUT2D eigenvalue weighted by molar-refractivity contribution is -0.143. The molecule has 1 aliphatic rings. The lowest BCUT2D eigenvalue weighted by atomic mass is 10.1. The monoisotopic (exact) mass is 391 g/mol. The SMILES string of the molecule is CCNC(=NCc1nc(C(C)C)cs1)NCC1CCN(CC(F)(F)F)C1. The van der Waals surface area contributed by atoms with Crippen LogP contribution < -0.4 is 10.6 Å². The largest absolute Gasteiger partial charge is 0.401 e. The van der Waals surface area contributed by atoms with Gasteiger partial charge >= 0.3 is 6.18 Å². The molecule has 26 heavy (non-hydrogen) atoms. The van der Waals surface area contributed by atoms with E-state index in [2.05, 4.69) is 39.8 Å². The minimum Gasteiger partial charge on any atom is -0.357 e. The van der Waals surface area contributed by atoms with Gasteiger partial charge in [-0.3, -0.25) is 4.90 Å². The molecule has 0 aliphatic carbocycles. The molecule has 2 rings (SSSR count). The van der Waals surface area contributed by atoms with Crippen molar-refractivity contribution in [3.8, 4) is 0 Å². The Morgan fingerprint density at radius 3 is 2.81 bits per heavy atom. The van der Waals surface area contributed by atoms with Crippen molar-refractivity contribution in [2.75, 3.05) is 32.7 Å². The van der Waals surface area contributed by atoms with Crippen LogP contribution in [0.1, 0.15) is 43.8 Å². The molecule has 0 bridgehead atoms. The summed E-state index contributed by atoms with van der Waals surface area (Å²) in [6.07, 6.45) is -3.35. The van der Waals surface area contributed by atoms with E-state index >= 15 is 0 Å². The predicted molar refractivity (Wildman–Crippen MR) is 99.6 cm³/mol. The van der Waals surface area contributed by atoms with Crippen molar-refractivity contribution in [2.45, 2.75) is 45.8 Å². The first-order chi connectivity index (χ1) is 12.3. The number of aromatic nitrogens is 1.